The van der Waals surface area contributed by atoms with E-state index in [2.05, 4.69) is 35.7 Å². The Morgan fingerprint density at radius 2 is 1.90 bits per heavy atom. The molecule has 2 aliphatic heterocycles. The van der Waals surface area contributed by atoms with Gasteiger partial charge in [0.25, 0.3) is 5.91 Å². The Hall–Kier alpha value is -4.66. The molecule has 2 fully saturated rings. The van der Waals surface area contributed by atoms with Gasteiger partial charge in [-0.3, -0.25) is 25.3 Å². The molecule has 1 unspecified atom stereocenters. The van der Waals surface area contributed by atoms with Crippen LogP contribution in [0.25, 0.3) is 11.0 Å². The summed E-state index contributed by atoms with van der Waals surface area (Å²) in [5, 5.41) is 5.06. The maximum atomic E-state index is 12.3. The van der Waals surface area contributed by atoms with Gasteiger partial charge in [-0.25, -0.2) is 9.48 Å². The Kier molecular flexibility index (Phi) is 8.62. The van der Waals surface area contributed by atoms with Gasteiger partial charge in [0, 0.05) is 51.3 Å². The van der Waals surface area contributed by atoms with Crippen molar-refractivity contribution in [2.75, 3.05) is 62.0 Å². The lowest BCUT2D eigenvalue weighted by atomic mass is 10.2. The minimum absolute atomic E-state index is 0.0363. The van der Waals surface area contributed by atoms with E-state index < -0.39 is 18.0 Å². The van der Waals surface area contributed by atoms with Crippen molar-refractivity contribution in [1.82, 2.24) is 30.1 Å². The topological polar surface area (TPSA) is 179 Å². The maximum absolute atomic E-state index is 12.3. The van der Waals surface area contributed by atoms with Crippen molar-refractivity contribution in [1.29, 1.82) is 0 Å². The molecule has 1 atom stereocenters. The highest BCUT2D eigenvalue weighted by Gasteiger charge is 2.30. The second kappa shape index (κ2) is 12.7. The van der Waals surface area contributed by atoms with Crippen molar-refractivity contribution < 1.29 is 28.6 Å². The molecule has 0 aliphatic carbocycles. The van der Waals surface area contributed by atoms with Crippen molar-refractivity contribution in [2.24, 2.45) is 0 Å². The number of hydrazine groups is 1. The number of benzene rings is 1. The van der Waals surface area contributed by atoms with Crippen molar-refractivity contribution in [3.8, 4) is 5.75 Å². The monoisotopic (exact) mass is 567 g/mol. The van der Waals surface area contributed by atoms with Gasteiger partial charge in [-0.15, -0.1) is 0 Å². The summed E-state index contributed by atoms with van der Waals surface area (Å²) in [6, 6.07) is 7.69. The number of cyclic esters (lactones) is 1. The lowest BCUT2D eigenvalue weighted by Crippen LogP contribution is -2.47. The van der Waals surface area contributed by atoms with E-state index in [0.29, 0.717) is 42.2 Å². The first-order chi connectivity index (χ1) is 19.9. The number of nitrogen functional groups attached to an aromatic ring is 1. The number of fused-ring (bicyclic) bond motifs is 1. The molecule has 0 bridgehead atoms. The van der Waals surface area contributed by atoms with Crippen molar-refractivity contribution in [2.45, 2.75) is 32.4 Å². The molecule has 4 N–H and O–H groups in total. The first-order valence-electron chi connectivity index (χ1n) is 13.5. The van der Waals surface area contributed by atoms with Crippen LogP contribution in [0.4, 0.5) is 17.5 Å². The number of hydrogen-bond acceptors (Lipinski definition) is 13. The fourth-order valence-electron chi connectivity index (χ4n) is 4.71. The van der Waals surface area contributed by atoms with E-state index in [-0.39, 0.29) is 24.9 Å². The third-order valence-corrected chi connectivity index (χ3v) is 6.86. The molecule has 15 heteroatoms. The van der Waals surface area contributed by atoms with Gasteiger partial charge in [0.2, 0.25) is 5.95 Å². The lowest BCUT2D eigenvalue weighted by molar-refractivity contribution is -0.147. The van der Waals surface area contributed by atoms with Gasteiger partial charge in [-0.05, 0) is 31.2 Å². The molecule has 3 aromatic rings. The van der Waals surface area contributed by atoms with Crippen LogP contribution in [0, 0.1) is 0 Å². The molecule has 0 saturated carbocycles. The highest BCUT2D eigenvalue weighted by atomic mass is 16.6. The highest BCUT2D eigenvalue weighted by molar-refractivity contribution is 5.90. The van der Waals surface area contributed by atoms with Crippen LogP contribution in [0.2, 0.25) is 0 Å². The van der Waals surface area contributed by atoms with Crippen LogP contribution in [-0.4, -0.2) is 94.5 Å². The zero-order valence-electron chi connectivity index (χ0n) is 22.7. The Bertz CT molecular complexity index is 1390. The predicted molar refractivity (Wildman–Crippen MR) is 148 cm³/mol. The normalized spacial score (nSPS) is 17.3. The average molecular weight is 568 g/mol. The van der Waals surface area contributed by atoms with E-state index in [4.69, 9.17) is 19.9 Å². The second-order valence-electron chi connectivity index (χ2n) is 9.58. The summed E-state index contributed by atoms with van der Waals surface area (Å²) in [4.78, 5) is 48.2. The minimum Gasteiger partial charge on any atom is -0.482 e. The van der Waals surface area contributed by atoms with Crippen LogP contribution in [0.3, 0.4) is 0 Å². The summed E-state index contributed by atoms with van der Waals surface area (Å²) in [5.74, 6) is -0.282. The molecule has 2 aliphatic rings. The van der Waals surface area contributed by atoms with Gasteiger partial charge in [0.1, 0.15) is 5.75 Å². The van der Waals surface area contributed by atoms with Crippen LogP contribution in [0.5, 0.6) is 5.75 Å². The molecule has 1 aromatic carbocycles. The number of ether oxygens (including phenoxy) is 3. The molecule has 1 amide bonds. The third-order valence-electron chi connectivity index (χ3n) is 6.86. The van der Waals surface area contributed by atoms with Gasteiger partial charge in [-0.2, -0.15) is 15.1 Å². The molecule has 2 aromatic heterocycles. The van der Waals surface area contributed by atoms with E-state index in [9.17, 15) is 14.4 Å². The number of anilines is 3. The fraction of sp³-hybridized carbons (Fsp3) is 0.462. The molecule has 4 heterocycles. The Labute approximate surface area is 235 Å². The second-order valence-corrected chi connectivity index (χ2v) is 9.58. The number of nitrogens with two attached hydrogens (primary N) is 1. The van der Waals surface area contributed by atoms with Gasteiger partial charge in [0.05, 0.1) is 24.7 Å². The molecule has 5 rings (SSSR count). The molecular weight excluding hydrogens is 534 g/mol. The van der Waals surface area contributed by atoms with E-state index in [0.717, 1.165) is 38.4 Å². The Morgan fingerprint density at radius 1 is 1.12 bits per heavy atom. The van der Waals surface area contributed by atoms with Crippen LogP contribution in [-0.2, 0) is 30.4 Å². The summed E-state index contributed by atoms with van der Waals surface area (Å²) >= 11 is 0. The van der Waals surface area contributed by atoms with Gasteiger partial charge in [-0.1, -0.05) is 0 Å². The highest BCUT2D eigenvalue weighted by Crippen LogP contribution is 2.23. The predicted octanol–water partition coefficient (Wildman–Crippen LogP) is 0.321. The van der Waals surface area contributed by atoms with Gasteiger partial charge < -0.3 is 24.8 Å². The Morgan fingerprint density at radius 3 is 2.61 bits per heavy atom. The quantitative estimate of drug-likeness (QED) is 0.213. The largest absolute Gasteiger partial charge is 0.482 e. The first-order valence-corrected chi connectivity index (χ1v) is 13.5. The van der Waals surface area contributed by atoms with E-state index in [1.165, 1.54) is 0 Å². The summed E-state index contributed by atoms with van der Waals surface area (Å²) in [6.45, 7) is 6.82. The third kappa shape index (κ3) is 6.92. The standard InChI is InChI=1S/C26H33N9O6/c1-2-39-22(37)16-40-18-5-3-17(4-6-18)34-12-9-33(10-13-34)11-14-35-24-19(15-28-35)23(29-26(27)30-24)31-32-25(38)20-7-8-21(36)41-20/h3-6,15,20H,2,7-14,16H2,1H3,(H,32,38)(H3,27,29,30,31). The average Bonchev–Trinajstić information content (AvgIpc) is 3.60. The van der Waals surface area contributed by atoms with E-state index in [1.807, 2.05) is 24.3 Å². The van der Waals surface area contributed by atoms with Gasteiger partial charge in [0.15, 0.2) is 24.2 Å². The zero-order chi connectivity index (χ0) is 28.8. The van der Waals surface area contributed by atoms with Crippen molar-refractivity contribution in [3.63, 3.8) is 0 Å². The number of piperazine rings is 1. The first kappa shape index (κ1) is 27.9. The number of amides is 1. The van der Waals surface area contributed by atoms with Crippen LogP contribution >= 0.6 is 0 Å². The summed E-state index contributed by atoms with van der Waals surface area (Å²) < 4.78 is 17.1. The zero-order valence-corrected chi connectivity index (χ0v) is 22.7. The number of nitrogens with one attached hydrogen (secondary N) is 2. The number of nitrogens with zero attached hydrogens (tertiary/aromatic N) is 6. The number of hydrogen-bond donors (Lipinski definition) is 3. The Balaban J connectivity index is 1.11. The number of carbonyl (C=O) groups is 3. The molecule has 15 nitrogen and oxygen atoms in total. The molecule has 2 saturated heterocycles. The number of esters is 2. The van der Waals surface area contributed by atoms with Crippen molar-refractivity contribution >= 4 is 46.3 Å². The van der Waals surface area contributed by atoms with Crippen LogP contribution < -0.4 is 26.2 Å². The van der Waals surface area contributed by atoms with E-state index >= 15 is 0 Å². The molecule has 41 heavy (non-hydrogen) atoms. The lowest BCUT2D eigenvalue weighted by Gasteiger charge is -2.36. The SMILES string of the molecule is CCOC(=O)COc1ccc(N2CCN(CCn3ncc4c(NNC(=O)C5CCC(=O)O5)nc(N)nc43)CC2)cc1. The summed E-state index contributed by atoms with van der Waals surface area (Å²) in [7, 11) is 0. The summed E-state index contributed by atoms with van der Waals surface area (Å²) in [6.07, 6.45) is 1.34. The number of rotatable bonds is 11. The van der Waals surface area contributed by atoms with Gasteiger partial charge >= 0.3 is 11.9 Å². The number of aromatic nitrogens is 4. The molecule has 0 radical (unpaired) electrons. The van der Waals surface area contributed by atoms with Crippen molar-refractivity contribution in [3.05, 3.63) is 30.5 Å². The van der Waals surface area contributed by atoms with E-state index in [1.54, 1.807) is 17.8 Å². The molecule has 0 spiro atoms. The maximum Gasteiger partial charge on any atom is 0.344 e. The minimum atomic E-state index is -0.830. The molecule has 218 valence electrons. The fourth-order valence-corrected chi connectivity index (χ4v) is 4.71. The van der Waals surface area contributed by atoms with Crippen LogP contribution in [0.1, 0.15) is 19.8 Å². The summed E-state index contributed by atoms with van der Waals surface area (Å²) in [5.41, 5.74) is 12.9. The molecular formula is C26H33N9O6. The smallest absolute Gasteiger partial charge is 0.344 e. The number of carbonyl (C=O) groups excluding carboxylic acids is 3. The van der Waals surface area contributed by atoms with Crippen LogP contribution in [0.15, 0.2) is 30.5 Å².